The molecule has 2 aliphatic carbocycles. The average Bonchev–Trinajstić information content (AvgIpc) is 2.48. The summed E-state index contributed by atoms with van der Waals surface area (Å²) in [6.45, 7) is 5.97. The van der Waals surface area contributed by atoms with Crippen molar-refractivity contribution in [3.8, 4) is 0 Å². The molecular weight excluding hydrogens is 423 g/mol. The van der Waals surface area contributed by atoms with Crippen molar-refractivity contribution < 1.29 is 14.9 Å². The molecule has 2 N–H and O–H groups in total. The molecule has 3 aliphatic rings. The minimum absolute atomic E-state index is 0.117. The normalized spacial score (nSPS) is 55.0. The first-order chi connectivity index (χ1) is 9.53. The van der Waals surface area contributed by atoms with Crippen LogP contribution in [0.2, 0.25) is 0 Å². The van der Waals surface area contributed by atoms with Crippen molar-refractivity contribution >= 4 is 43.5 Å². The number of hydrogen-bond donors (Lipinski definition) is 2. The first-order valence-corrected chi connectivity index (χ1v) is 9.63. The maximum Gasteiger partial charge on any atom is 0.202 e. The number of fused-ring (bicyclic) bond motifs is 1. The van der Waals surface area contributed by atoms with E-state index in [9.17, 15) is 10.2 Å². The van der Waals surface area contributed by atoms with Crippen LogP contribution in [0.25, 0.3) is 0 Å². The smallest absolute Gasteiger partial charge is 0.202 e. The molecule has 21 heavy (non-hydrogen) atoms. The zero-order valence-electron chi connectivity index (χ0n) is 12.4. The van der Waals surface area contributed by atoms with Gasteiger partial charge in [-0.15, -0.1) is 11.6 Å². The van der Waals surface area contributed by atoms with Crippen molar-refractivity contribution in [3.63, 3.8) is 0 Å². The van der Waals surface area contributed by atoms with Gasteiger partial charge in [0.1, 0.15) is 6.10 Å². The topological polar surface area (TPSA) is 49.7 Å². The summed E-state index contributed by atoms with van der Waals surface area (Å²) in [5.74, 6) is -1.56. The molecule has 0 radical (unpaired) electrons. The third kappa shape index (κ3) is 1.82. The SMILES string of the molecule is CC1(C)[C@@]2(O)O[C@@H]3C[C@@](C)(Cl)[C@H](Br)C[C@]31C(CBr)=C[C@H]2O. The number of aliphatic hydroxyl groups is 2. The molecule has 1 spiro atoms. The van der Waals surface area contributed by atoms with E-state index in [-0.39, 0.29) is 16.3 Å². The second-order valence-electron chi connectivity index (χ2n) is 7.32. The van der Waals surface area contributed by atoms with Crippen LogP contribution in [0.1, 0.15) is 33.6 Å². The molecule has 0 aromatic heterocycles. The minimum atomic E-state index is -1.56. The molecule has 1 saturated heterocycles. The van der Waals surface area contributed by atoms with Gasteiger partial charge in [-0.3, -0.25) is 0 Å². The monoisotopic (exact) mass is 442 g/mol. The van der Waals surface area contributed by atoms with Crippen LogP contribution in [0.5, 0.6) is 0 Å². The lowest BCUT2D eigenvalue weighted by Crippen LogP contribution is -2.61. The van der Waals surface area contributed by atoms with Crippen molar-refractivity contribution in [1.82, 2.24) is 0 Å². The molecule has 0 unspecified atom stereocenters. The summed E-state index contributed by atoms with van der Waals surface area (Å²) in [5, 5.41) is 22.1. The summed E-state index contributed by atoms with van der Waals surface area (Å²) >= 11 is 13.9. The third-order valence-electron chi connectivity index (χ3n) is 6.10. The number of aliphatic hydroxyl groups excluding tert-OH is 1. The zero-order chi connectivity index (χ0) is 15.8. The number of ether oxygens (including phenoxy) is 1. The Hall–Kier alpha value is 0.870. The van der Waals surface area contributed by atoms with Crippen LogP contribution in [-0.4, -0.2) is 43.2 Å². The van der Waals surface area contributed by atoms with Gasteiger partial charge in [-0.25, -0.2) is 0 Å². The predicted molar refractivity (Wildman–Crippen MR) is 90.1 cm³/mol. The second-order valence-corrected chi connectivity index (χ2v) is 9.85. The Morgan fingerprint density at radius 1 is 1.38 bits per heavy atom. The van der Waals surface area contributed by atoms with Crippen LogP contribution in [0.15, 0.2) is 11.6 Å². The van der Waals surface area contributed by atoms with E-state index >= 15 is 0 Å². The summed E-state index contributed by atoms with van der Waals surface area (Å²) < 4.78 is 6.04. The van der Waals surface area contributed by atoms with E-state index in [4.69, 9.17) is 16.3 Å². The Labute approximate surface area is 147 Å². The van der Waals surface area contributed by atoms with Gasteiger partial charge in [0.05, 0.1) is 11.0 Å². The van der Waals surface area contributed by atoms with E-state index in [0.29, 0.717) is 11.8 Å². The van der Waals surface area contributed by atoms with Gasteiger partial charge < -0.3 is 14.9 Å². The van der Waals surface area contributed by atoms with Crippen molar-refractivity contribution in [1.29, 1.82) is 0 Å². The zero-order valence-corrected chi connectivity index (χ0v) is 16.3. The molecular formula is C15H21Br2ClO3. The summed E-state index contributed by atoms with van der Waals surface area (Å²) in [5.41, 5.74) is 0.179. The largest absolute Gasteiger partial charge is 0.383 e. The highest BCUT2D eigenvalue weighted by molar-refractivity contribution is 9.09. The van der Waals surface area contributed by atoms with Gasteiger partial charge in [0.15, 0.2) is 0 Å². The van der Waals surface area contributed by atoms with Gasteiger partial charge in [0.25, 0.3) is 0 Å². The van der Waals surface area contributed by atoms with Crippen LogP contribution in [-0.2, 0) is 4.74 Å². The number of rotatable bonds is 1. The Balaban J connectivity index is 2.20. The average molecular weight is 445 g/mol. The minimum Gasteiger partial charge on any atom is -0.383 e. The van der Waals surface area contributed by atoms with E-state index in [0.717, 1.165) is 12.0 Å². The second kappa shape index (κ2) is 4.70. The van der Waals surface area contributed by atoms with Crippen LogP contribution >= 0.6 is 43.5 Å². The Morgan fingerprint density at radius 3 is 2.57 bits per heavy atom. The van der Waals surface area contributed by atoms with E-state index in [1.54, 1.807) is 6.08 Å². The molecule has 6 atom stereocenters. The molecule has 1 aliphatic heterocycles. The highest BCUT2D eigenvalue weighted by atomic mass is 79.9. The molecule has 6 heteroatoms. The van der Waals surface area contributed by atoms with Gasteiger partial charge in [0.2, 0.25) is 5.79 Å². The molecule has 1 heterocycles. The first kappa shape index (κ1) is 16.7. The molecule has 3 nitrogen and oxygen atoms in total. The molecule has 2 bridgehead atoms. The van der Waals surface area contributed by atoms with Gasteiger partial charge in [0, 0.05) is 21.0 Å². The number of halogens is 3. The highest BCUT2D eigenvalue weighted by Crippen LogP contribution is 2.70. The van der Waals surface area contributed by atoms with Crippen molar-refractivity contribution in [3.05, 3.63) is 11.6 Å². The molecule has 3 rings (SSSR count). The van der Waals surface area contributed by atoms with Crippen molar-refractivity contribution in [2.24, 2.45) is 10.8 Å². The fraction of sp³-hybridized carbons (Fsp3) is 0.867. The maximum absolute atomic E-state index is 11.0. The highest BCUT2D eigenvalue weighted by Gasteiger charge is 2.75. The molecule has 2 fully saturated rings. The van der Waals surface area contributed by atoms with Crippen molar-refractivity contribution in [2.45, 2.75) is 61.3 Å². The summed E-state index contributed by atoms with van der Waals surface area (Å²) in [6.07, 6.45) is 1.95. The lowest BCUT2D eigenvalue weighted by atomic mass is 9.49. The first-order valence-electron chi connectivity index (χ1n) is 7.21. The Bertz CT molecular complexity index is 507. The van der Waals surface area contributed by atoms with Crippen LogP contribution in [0.3, 0.4) is 0 Å². The number of alkyl halides is 3. The van der Waals surface area contributed by atoms with Gasteiger partial charge in [-0.2, -0.15) is 0 Å². The lowest BCUT2D eigenvalue weighted by molar-refractivity contribution is -0.274. The standard InChI is InChI=1S/C15H21Br2ClO3/c1-12(2)14-5-9(17)13(3,18)6-11(14)21-15(12,20)10(19)4-8(14)7-16/h4,9-11,19-20H,5-7H2,1-3H3/t9-,10-,11-,13-,14+,15+/m1/s1. The van der Waals surface area contributed by atoms with Gasteiger partial charge >= 0.3 is 0 Å². The summed E-state index contributed by atoms with van der Waals surface area (Å²) in [6, 6.07) is 0. The van der Waals surface area contributed by atoms with E-state index < -0.39 is 22.2 Å². The summed E-state index contributed by atoms with van der Waals surface area (Å²) in [7, 11) is 0. The van der Waals surface area contributed by atoms with Gasteiger partial charge in [-0.1, -0.05) is 57.4 Å². The molecule has 120 valence electrons. The Morgan fingerprint density at radius 2 is 2.00 bits per heavy atom. The fourth-order valence-electron chi connectivity index (χ4n) is 4.57. The molecule has 1 saturated carbocycles. The Kier molecular flexibility index (Phi) is 3.74. The third-order valence-corrected chi connectivity index (χ3v) is 8.72. The maximum atomic E-state index is 11.0. The van der Waals surface area contributed by atoms with Gasteiger partial charge in [-0.05, 0) is 19.8 Å². The number of hydrogen-bond acceptors (Lipinski definition) is 3. The van der Waals surface area contributed by atoms with E-state index in [1.807, 2.05) is 20.8 Å². The summed E-state index contributed by atoms with van der Waals surface area (Å²) in [4.78, 5) is -0.312. The van der Waals surface area contributed by atoms with E-state index in [2.05, 4.69) is 31.9 Å². The molecule has 0 aromatic rings. The fourth-order valence-corrected chi connectivity index (χ4v) is 6.17. The molecule has 0 aromatic carbocycles. The van der Waals surface area contributed by atoms with Crippen LogP contribution in [0, 0.1) is 10.8 Å². The predicted octanol–water partition coefficient (Wildman–Crippen LogP) is 3.34. The van der Waals surface area contributed by atoms with Crippen LogP contribution in [0.4, 0.5) is 0 Å². The van der Waals surface area contributed by atoms with Crippen LogP contribution < -0.4 is 0 Å². The van der Waals surface area contributed by atoms with E-state index in [1.165, 1.54) is 0 Å². The van der Waals surface area contributed by atoms with Crippen molar-refractivity contribution in [2.75, 3.05) is 5.33 Å². The quantitative estimate of drug-likeness (QED) is 0.482. The molecule has 0 amide bonds. The lowest BCUT2D eigenvalue weighted by Gasteiger charge is -2.56.